The van der Waals surface area contributed by atoms with Crippen molar-refractivity contribution in [1.82, 2.24) is 29.9 Å². The van der Waals surface area contributed by atoms with E-state index >= 15 is 0 Å². The lowest BCUT2D eigenvalue weighted by molar-refractivity contribution is -0.121. The van der Waals surface area contributed by atoms with Crippen molar-refractivity contribution >= 4 is 17.1 Å². The second-order valence-corrected chi connectivity index (χ2v) is 5.06. The SMILES string of the molecule is CNC(=O)Cn1cnc2c(nnn2-c2ccc(OC)c(OC)c2)c1=O. The molecule has 3 rings (SSSR count). The maximum absolute atomic E-state index is 12.4. The van der Waals surface area contributed by atoms with Gasteiger partial charge in [-0.3, -0.25) is 14.2 Å². The third-order valence-corrected chi connectivity index (χ3v) is 3.63. The highest BCUT2D eigenvalue weighted by Crippen LogP contribution is 2.29. The largest absolute Gasteiger partial charge is 0.493 e. The van der Waals surface area contributed by atoms with E-state index in [0.717, 1.165) is 0 Å². The fourth-order valence-electron chi connectivity index (χ4n) is 2.32. The number of methoxy groups -OCH3 is 2. The van der Waals surface area contributed by atoms with Crippen LogP contribution in [0.3, 0.4) is 0 Å². The highest BCUT2D eigenvalue weighted by molar-refractivity contribution is 5.76. The number of likely N-dealkylation sites (N-methyl/N-ethyl adjacent to an activating group) is 1. The molecule has 130 valence electrons. The standard InChI is InChI=1S/C15H16N6O4/c1-16-12(22)7-20-8-17-14-13(15(20)23)18-19-21(14)9-4-5-10(24-2)11(6-9)25-3/h4-6,8H,7H2,1-3H3,(H,16,22). The number of ether oxygens (including phenoxy) is 2. The predicted octanol–water partition coefficient (Wildman–Crippen LogP) is -0.260. The van der Waals surface area contributed by atoms with Crippen LogP contribution in [0.1, 0.15) is 0 Å². The minimum Gasteiger partial charge on any atom is -0.493 e. The lowest BCUT2D eigenvalue weighted by atomic mass is 10.2. The van der Waals surface area contributed by atoms with Gasteiger partial charge in [-0.15, -0.1) is 5.10 Å². The maximum atomic E-state index is 12.4. The van der Waals surface area contributed by atoms with E-state index in [9.17, 15) is 9.59 Å². The van der Waals surface area contributed by atoms with Crippen molar-refractivity contribution in [1.29, 1.82) is 0 Å². The predicted molar refractivity (Wildman–Crippen MR) is 88.1 cm³/mol. The number of carbonyl (C=O) groups excluding carboxylic acids is 1. The van der Waals surface area contributed by atoms with Crippen LogP contribution < -0.4 is 20.3 Å². The molecule has 1 amide bonds. The molecule has 0 unspecified atom stereocenters. The molecule has 3 aromatic rings. The molecular weight excluding hydrogens is 328 g/mol. The Morgan fingerprint density at radius 1 is 1.24 bits per heavy atom. The van der Waals surface area contributed by atoms with Crippen molar-refractivity contribution < 1.29 is 14.3 Å². The molecular formula is C15H16N6O4. The molecule has 25 heavy (non-hydrogen) atoms. The van der Waals surface area contributed by atoms with Crippen LogP contribution in [0.2, 0.25) is 0 Å². The van der Waals surface area contributed by atoms with Gasteiger partial charge in [0.05, 0.1) is 19.9 Å². The van der Waals surface area contributed by atoms with Crippen molar-refractivity contribution in [2.24, 2.45) is 0 Å². The normalized spacial score (nSPS) is 10.7. The van der Waals surface area contributed by atoms with Crippen molar-refractivity contribution in [2.45, 2.75) is 6.54 Å². The van der Waals surface area contributed by atoms with Gasteiger partial charge in [-0.2, -0.15) is 4.68 Å². The molecule has 0 saturated carbocycles. The summed E-state index contributed by atoms with van der Waals surface area (Å²) in [6.45, 7) is -0.137. The number of hydrogen-bond acceptors (Lipinski definition) is 7. The Kier molecular flexibility index (Phi) is 4.33. The fourth-order valence-corrected chi connectivity index (χ4v) is 2.32. The second-order valence-electron chi connectivity index (χ2n) is 5.06. The van der Waals surface area contributed by atoms with Crippen LogP contribution in [0.5, 0.6) is 11.5 Å². The summed E-state index contributed by atoms with van der Waals surface area (Å²) in [7, 11) is 4.56. The van der Waals surface area contributed by atoms with Gasteiger partial charge in [0.1, 0.15) is 12.9 Å². The lowest BCUT2D eigenvalue weighted by Crippen LogP contribution is -2.30. The zero-order chi connectivity index (χ0) is 18.0. The Bertz CT molecular complexity index is 993. The van der Waals surface area contributed by atoms with Crippen LogP contribution in [-0.2, 0) is 11.3 Å². The van der Waals surface area contributed by atoms with E-state index in [1.807, 2.05) is 0 Å². The molecule has 0 atom stereocenters. The smallest absolute Gasteiger partial charge is 0.284 e. The first-order valence-electron chi connectivity index (χ1n) is 7.33. The average Bonchev–Trinajstić information content (AvgIpc) is 3.08. The quantitative estimate of drug-likeness (QED) is 0.678. The third kappa shape index (κ3) is 2.89. The van der Waals surface area contributed by atoms with Crippen LogP contribution in [0.25, 0.3) is 16.9 Å². The number of carbonyl (C=O) groups is 1. The molecule has 2 heterocycles. The van der Waals surface area contributed by atoms with Crippen molar-refractivity contribution in [3.05, 3.63) is 34.9 Å². The summed E-state index contributed by atoms with van der Waals surface area (Å²) >= 11 is 0. The summed E-state index contributed by atoms with van der Waals surface area (Å²) < 4.78 is 13.1. The molecule has 0 spiro atoms. The van der Waals surface area contributed by atoms with Gasteiger partial charge in [0.25, 0.3) is 5.56 Å². The lowest BCUT2D eigenvalue weighted by Gasteiger charge is -2.09. The van der Waals surface area contributed by atoms with Crippen LogP contribution in [0, 0.1) is 0 Å². The van der Waals surface area contributed by atoms with Gasteiger partial charge in [0.2, 0.25) is 5.91 Å². The number of benzene rings is 1. The molecule has 0 aliphatic heterocycles. The highest BCUT2D eigenvalue weighted by atomic mass is 16.5. The Balaban J connectivity index is 2.09. The van der Waals surface area contributed by atoms with E-state index < -0.39 is 5.56 Å². The fraction of sp³-hybridized carbons (Fsp3) is 0.267. The van der Waals surface area contributed by atoms with Gasteiger partial charge < -0.3 is 14.8 Å². The van der Waals surface area contributed by atoms with E-state index in [-0.39, 0.29) is 23.6 Å². The topological polar surface area (TPSA) is 113 Å². The van der Waals surface area contributed by atoms with Crippen LogP contribution in [0.4, 0.5) is 0 Å². The Morgan fingerprint density at radius 3 is 2.68 bits per heavy atom. The number of nitrogens with zero attached hydrogens (tertiary/aromatic N) is 5. The molecule has 0 fully saturated rings. The average molecular weight is 344 g/mol. The minimum absolute atomic E-state index is 0.0705. The summed E-state index contributed by atoms with van der Waals surface area (Å²) in [6, 6.07) is 5.16. The van der Waals surface area contributed by atoms with Crippen molar-refractivity contribution in [2.75, 3.05) is 21.3 Å². The van der Waals surface area contributed by atoms with Crippen molar-refractivity contribution in [3.8, 4) is 17.2 Å². The molecule has 0 aliphatic rings. The maximum Gasteiger partial charge on any atom is 0.284 e. The first kappa shape index (κ1) is 16.4. The molecule has 0 radical (unpaired) electrons. The van der Waals surface area contributed by atoms with Crippen LogP contribution in [-0.4, -0.2) is 51.7 Å². The zero-order valence-corrected chi connectivity index (χ0v) is 13.9. The van der Waals surface area contributed by atoms with Gasteiger partial charge in [-0.1, -0.05) is 5.21 Å². The molecule has 10 nitrogen and oxygen atoms in total. The van der Waals surface area contributed by atoms with Crippen LogP contribution in [0.15, 0.2) is 29.3 Å². The van der Waals surface area contributed by atoms with E-state index in [1.54, 1.807) is 25.3 Å². The molecule has 2 aromatic heterocycles. The van der Waals surface area contributed by atoms with E-state index in [1.165, 1.54) is 29.7 Å². The number of amides is 1. The molecule has 1 aromatic carbocycles. The monoisotopic (exact) mass is 344 g/mol. The third-order valence-electron chi connectivity index (χ3n) is 3.63. The molecule has 0 saturated heterocycles. The second kappa shape index (κ2) is 6.59. The number of rotatable bonds is 5. The Labute approximate surface area is 142 Å². The zero-order valence-electron chi connectivity index (χ0n) is 13.9. The summed E-state index contributed by atoms with van der Waals surface area (Å²) in [5, 5.41) is 10.3. The molecule has 10 heteroatoms. The van der Waals surface area contributed by atoms with Crippen LogP contribution >= 0.6 is 0 Å². The minimum atomic E-state index is -0.444. The number of nitrogens with one attached hydrogen (secondary N) is 1. The van der Waals surface area contributed by atoms with E-state index in [2.05, 4.69) is 20.6 Å². The summed E-state index contributed by atoms with van der Waals surface area (Å²) in [4.78, 5) is 28.1. The van der Waals surface area contributed by atoms with Gasteiger partial charge in [0.15, 0.2) is 22.7 Å². The Morgan fingerprint density at radius 2 is 2.00 bits per heavy atom. The van der Waals surface area contributed by atoms with E-state index in [4.69, 9.17) is 9.47 Å². The number of hydrogen-bond donors (Lipinski definition) is 1. The first-order chi connectivity index (χ1) is 12.1. The summed E-state index contributed by atoms with van der Waals surface area (Å²) in [5.41, 5.74) is 0.517. The van der Waals surface area contributed by atoms with Gasteiger partial charge in [-0.05, 0) is 12.1 Å². The first-order valence-corrected chi connectivity index (χ1v) is 7.33. The number of aromatic nitrogens is 5. The van der Waals surface area contributed by atoms with Gasteiger partial charge in [0, 0.05) is 13.1 Å². The molecule has 0 aliphatic carbocycles. The van der Waals surface area contributed by atoms with Gasteiger partial charge >= 0.3 is 0 Å². The van der Waals surface area contributed by atoms with E-state index in [0.29, 0.717) is 17.2 Å². The van der Waals surface area contributed by atoms with Gasteiger partial charge in [-0.25, -0.2) is 4.98 Å². The highest BCUT2D eigenvalue weighted by Gasteiger charge is 2.15. The summed E-state index contributed by atoms with van der Waals surface area (Å²) in [5.74, 6) is 0.767. The molecule has 0 bridgehead atoms. The molecule has 1 N–H and O–H groups in total. The summed E-state index contributed by atoms with van der Waals surface area (Å²) in [6.07, 6.45) is 1.29. The van der Waals surface area contributed by atoms with Crippen molar-refractivity contribution in [3.63, 3.8) is 0 Å². The Hall–Kier alpha value is -3.43. The number of fused-ring (bicyclic) bond motifs is 1.